The molecule has 0 aliphatic carbocycles. The summed E-state index contributed by atoms with van der Waals surface area (Å²) in [6.07, 6.45) is 4.61. The summed E-state index contributed by atoms with van der Waals surface area (Å²) < 4.78 is 1.52. The number of nitrogens with zero attached hydrogens (tertiary/aromatic N) is 5. The number of carbonyl (C=O) groups is 2. The first-order valence-electron chi connectivity index (χ1n) is 6.44. The van der Waals surface area contributed by atoms with Crippen molar-refractivity contribution in [2.75, 3.05) is 6.54 Å². The minimum atomic E-state index is -0.937. The number of hydrogen-bond acceptors (Lipinski definition) is 5. The average Bonchev–Trinajstić information content (AvgIpc) is 3.10. The van der Waals surface area contributed by atoms with E-state index in [-0.39, 0.29) is 18.9 Å². The predicted molar refractivity (Wildman–Crippen MR) is 70.3 cm³/mol. The quantitative estimate of drug-likeness (QED) is 0.855. The molecule has 1 fully saturated rings. The monoisotopic (exact) mass is 287 g/mol. The molecular formula is C13H13N5O3. The molecule has 0 aromatic carbocycles. The van der Waals surface area contributed by atoms with Crippen LogP contribution in [0.1, 0.15) is 12.0 Å². The zero-order valence-corrected chi connectivity index (χ0v) is 11.1. The highest BCUT2D eigenvalue weighted by Gasteiger charge is 2.34. The third-order valence-electron chi connectivity index (χ3n) is 3.43. The zero-order valence-electron chi connectivity index (χ0n) is 11.1. The normalized spacial score (nSPS) is 18.2. The van der Waals surface area contributed by atoms with E-state index in [1.54, 1.807) is 12.3 Å². The van der Waals surface area contributed by atoms with Gasteiger partial charge in [0.05, 0.1) is 5.92 Å². The molecule has 1 aliphatic rings. The first kappa shape index (κ1) is 13.2. The van der Waals surface area contributed by atoms with Crippen LogP contribution in [-0.2, 0) is 16.1 Å². The van der Waals surface area contributed by atoms with Crippen molar-refractivity contribution in [3.63, 3.8) is 0 Å². The van der Waals surface area contributed by atoms with Gasteiger partial charge in [-0.15, -0.1) is 0 Å². The highest BCUT2D eigenvalue weighted by Crippen LogP contribution is 2.22. The summed E-state index contributed by atoms with van der Waals surface area (Å²) in [5.41, 5.74) is 0.794. The Morgan fingerprint density at radius 3 is 3.00 bits per heavy atom. The fourth-order valence-corrected chi connectivity index (χ4v) is 2.37. The van der Waals surface area contributed by atoms with E-state index in [4.69, 9.17) is 5.11 Å². The molecule has 2 aromatic heterocycles. The molecule has 1 amide bonds. The molecular weight excluding hydrogens is 274 g/mol. The number of pyridine rings is 1. The van der Waals surface area contributed by atoms with Crippen molar-refractivity contribution in [2.24, 2.45) is 5.92 Å². The van der Waals surface area contributed by atoms with Crippen molar-refractivity contribution < 1.29 is 14.7 Å². The van der Waals surface area contributed by atoms with Crippen molar-refractivity contribution in [3.8, 4) is 5.82 Å². The highest BCUT2D eigenvalue weighted by molar-refractivity contribution is 5.86. The van der Waals surface area contributed by atoms with Crippen molar-refractivity contribution in [3.05, 3.63) is 36.5 Å². The van der Waals surface area contributed by atoms with Crippen LogP contribution in [0.2, 0.25) is 0 Å². The summed E-state index contributed by atoms with van der Waals surface area (Å²) in [5, 5.41) is 13.0. The third-order valence-corrected chi connectivity index (χ3v) is 3.43. The maximum atomic E-state index is 11.9. The standard InChI is InChI=1S/C13H13N5O3/c19-11-4-10(13(20)21)6-17(11)5-9-2-1-3-15-12(9)18-8-14-7-16-18/h1-3,7-8,10H,4-6H2,(H,20,21)/t10-/m1/s1. The molecule has 1 atom stereocenters. The van der Waals surface area contributed by atoms with Crippen LogP contribution in [0.25, 0.3) is 5.82 Å². The number of carboxylic acids is 1. The Kier molecular flexibility index (Phi) is 3.35. The van der Waals surface area contributed by atoms with Gasteiger partial charge in [0.2, 0.25) is 5.91 Å². The maximum Gasteiger partial charge on any atom is 0.308 e. The van der Waals surface area contributed by atoms with Crippen LogP contribution < -0.4 is 0 Å². The Morgan fingerprint density at radius 2 is 2.33 bits per heavy atom. The number of aliphatic carboxylic acids is 1. The predicted octanol–water partition coefficient (Wildman–Crippen LogP) is 0.0954. The number of hydrogen-bond donors (Lipinski definition) is 1. The molecule has 1 N–H and O–H groups in total. The summed E-state index contributed by atoms with van der Waals surface area (Å²) in [5.74, 6) is -1.14. The summed E-state index contributed by atoms with van der Waals surface area (Å²) in [7, 11) is 0. The fraction of sp³-hybridized carbons (Fsp3) is 0.308. The minimum Gasteiger partial charge on any atom is -0.481 e. The van der Waals surface area contributed by atoms with E-state index in [1.807, 2.05) is 6.07 Å². The van der Waals surface area contributed by atoms with Crippen LogP contribution in [0, 0.1) is 5.92 Å². The second-order valence-electron chi connectivity index (χ2n) is 4.84. The van der Waals surface area contributed by atoms with Crippen LogP contribution in [0.4, 0.5) is 0 Å². The van der Waals surface area contributed by atoms with E-state index >= 15 is 0 Å². The summed E-state index contributed by atoms with van der Waals surface area (Å²) in [4.78, 5) is 32.5. The van der Waals surface area contributed by atoms with Gasteiger partial charge in [-0.05, 0) is 6.07 Å². The average molecular weight is 287 g/mol. The van der Waals surface area contributed by atoms with Gasteiger partial charge in [0.15, 0.2) is 5.82 Å². The number of aromatic nitrogens is 4. The second kappa shape index (κ2) is 5.31. The molecule has 8 nitrogen and oxygen atoms in total. The molecule has 3 heterocycles. The van der Waals surface area contributed by atoms with Crippen molar-refractivity contribution in [2.45, 2.75) is 13.0 Å². The minimum absolute atomic E-state index is 0.0499. The number of carboxylic acid groups (broad SMARTS) is 1. The zero-order chi connectivity index (χ0) is 14.8. The van der Waals surface area contributed by atoms with E-state index in [9.17, 15) is 9.59 Å². The molecule has 21 heavy (non-hydrogen) atoms. The number of rotatable bonds is 4. The van der Waals surface area contributed by atoms with Gasteiger partial charge in [-0.1, -0.05) is 6.07 Å². The number of amides is 1. The lowest BCUT2D eigenvalue weighted by atomic mass is 10.1. The topological polar surface area (TPSA) is 101 Å². The van der Waals surface area contributed by atoms with Crippen molar-refractivity contribution in [1.29, 1.82) is 0 Å². The summed E-state index contributed by atoms with van der Waals surface area (Å²) >= 11 is 0. The second-order valence-corrected chi connectivity index (χ2v) is 4.84. The molecule has 1 saturated heterocycles. The van der Waals surface area contributed by atoms with E-state index in [2.05, 4.69) is 15.1 Å². The van der Waals surface area contributed by atoms with Gasteiger partial charge < -0.3 is 10.0 Å². The van der Waals surface area contributed by atoms with Gasteiger partial charge in [-0.2, -0.15) is 5.10 Å². The SMILES string of the molecule is O=C(O)[C@@H]1CC(=O)N(Cc2cccnc2-n2cncn2)C1. The van der Waals surface area contributed by atoms with Gasteiger partial charge >= 0.3 is 5.97 Å². The van der Waals surface area contributed by atoms with Crippen molar-refractivity contribution in [1.82, 2.24) is 24.6 Å². The maximum absolute atomic E-state index is 11.9. The molecule has 3 rings (SSSR count). The van der Waals surface area contributed by atoms with Gasteiger partial charge in [-0.25, -0.2) is 14.6 Å². The van der Waals surface area contributed by atoms with Crippen LogP contribution in [0.5, 0.6) is 0 Å². The lowest BCUT2D eigenvalue weighted by molar-refractivity contribution is -0.141. The Bertz CT molecular complexity index is 670. The third kappa shape index (κ3) is 2.60. The smallest absolute Gasteiger partial charge is 0.308 e. The first-order valence-corrected chi connectivity index (χ1v) is 6.44. The highest BCUT2D eigenvalue weighted by atomic mass is 16.4. The Labute approximate surface area is 120 Å². The van der Waals surface area contributed by atoms with Crippen LogP contribution in [0.15, 0.2) is 31.0 Å². The Morgan fingerprint density at radius 1 is 1.48 bits per heavy atom. The molecule has 8 heteroatoms. The molecule has 0 unspecified atom stereocenters. The van der Waals surface area contributed by atoms with Gasteiger partial charge in [-0.3, -0.25) is 9.59 Å². The molecule has 0 spiro atoms. The Hall–Kier alpha value is -2.77. The van der Waals surface area contributed by atoms with E-state index in [1.165, 1.54) is 22.2 Å². The van der Waals surface area contributed by atoms with Crippen LogP contribution in [0.3, 0.4) is 0 Å². The van der Waals surface area contributed by atoms with Gasteiger partial charge in [0.25, 0.3) is 0 Å². The van der Waals surface area contributed by atoms with Crippen molar-refractivity contribution >= 4 is 11.9 Å². The first-order chi connectivity index (χ1) is 10.1. The molecule has 0 saturated carbocycles. The fourth-order valence-electron chi connectivity index (χ4n) is 2.37. The van der Waals surface area contributed by atoms with Gasteiger partial charge in [0, 0.05) is 31.3 Å². The molecule has 2 aromatic rings. The van der Waals surface area contributed by atoms with E-state index < -0.39 is 11.9 Å². The summed E-state index contributed by atoms with van der Waals surface area (Å²) in [6, 6.07) is 3.61. The van der Waals surface area contributed by atoms with Crippen LogP contribution in [-0.4, -0.2) is 48.2 Å². The van der Waals surface area contributed by atoms with Gasteiger partial charge in [0.1, 0.15) is 12.7 Å². The van der Waals surface area contributed by atoms with E-state index in [0.29, 0.717) is 12.4 Å². The number of likely N-dealkylation sites (tertiary alicyclic amines) is 1. The summed E-state index contributed by atoms with van der Waals surface area (Å²) in [6.45, 7) is 0.533. The largest absolute Gasteiger partial charge is 0.481 e. The van der Waals surface area contributed by atoms with Crippen LogP contribution >= 0.6 is 0 Å². The Balaban J connectivity index is 1.83. The lowest BCUT2D eigenvalue weighted by Gasteiger charge is -2.17. The molecule has 108 valence electrons. The molecule has 1 aliphatic heterocycles. The lowest BCUT2D eigenvalue weighted by Crippen LogP contribution is -2.26. The number of carbonyl (C=O) groups excluding carboxylic acids is 1. The van der Waals surface area contributed by atoms with E-state index in [0.717, 1.165) is 5.56 Å². The molecule has 0 bridgehead atoms. The molecule has 0 radical (unpaired) electrons.